The zero-order chi connectivity index (χ0) is 19.5. The van der Waals surface area contributed by atoms with Crippen LogP contribution in [0.15, 0.2) is 18.2 Å². The number of benzene rings is 1. The van der Waals surface area contributed by atoms with Gasteiger partial charge in [-0.05, 0) is 31.0 Å². The molecule has 5 nitrogen and oxygen atoms in total. The number of anilines is 1. The molecule has 1 unspecified atom stereocenters. The Hall–Kier alpha value is -2.25. The third-order valence-electron chi connectivity index (χ3n) is 5.20. The van der Waals surface area contributed by atoms with Crippen LogP contribution < -0.4 is 10.2 Å². The number of alkyl halides is 3. The van der Waals surface area contributed by atoms with Crippen LogP contribution in [0.4, 0.5) is 23.7 Å². The number of rotatable bonds is 2. The average molecular weight is 369 g/mol. The summed E-state index contributed by atoms with van der Waals surface area (Å²) in [5.41, 5.74) is -1.84. The second-order valence-corrected chi connectivity index (χ2v) is 7.68. The zero-order valence-corrected chi connectivity index (χ0v) is 15.2. The van der Waals surface area contributed by atoms with Gasteiger partial charge in [0.2, 0.25) is 5.66 Å². The van der Waals surface area contributed by atoms with E-state index in [0.717, 1.165) is 22.6 Å². The normalized spacial score (nSPS) is 23.5. The summed E-state index contributed by atoms with van der Waals surface area (Å²) < 4.78 is 39.5. The molecular weight excluding hydrogens is 347 g/mol. The van der Waals surface area contributed by atoms with E-state index in [0.29, 0.717) is 18.7 Å². The lowest BCUT2D eigenvalue weighted by Crippen LogP contribution is -2.68. The number of likely N-dealkylation sites (N-methyl/N-ethyl adjacent to an activating group) is 1. The monoisotopic (exact) mass is 369 g/mol. The molecule has 3 rings (SSSR count). The lowest BCUT2D eigenvalue weighted by molar-refractivity contribution is -0.137. The molecular formula is C18H22F3N3O2. The van der Waals surface area contributed by atoms with Crippen molar-refractivity contribution < 1.29 is 22.8 Å². The molecule has 0 spiro atoms. The van der Waals surface area contributed by atoms with Crippen LogP contribution in [0, 0.1) is 5.41 Å². The number of fused-ring (bicyclic) bond motifs is 1. The Morgan fingerprint density at radius 2 is 1.85 bits per heavy atom. The Kier molecular flexibility index (Phi) is 4.01. The minimum Gasteiger partial charge on any atom is -0.340 e. The summed E-state index contributed by atoms with van der Waals surface area (Å²) in [6.07, 6.45) is -3.96. The Bertz CT molecular complexity index is 770. The van der Waals surface area contributed by atoms with E-state index < -0.39 is 34.8 Å². The maximum Gasteiger partial charge on any atom is 0.416 e. The highest BCUT2D eigenvalue weighted by molar-refractivity contribution is 6.09. The first kappa shape index (κ1) is 18.5. The van der Waals surface area contributed by atoms with E-state index in [-0.39, 0.29) is 6.54 Å². The van der Waals surface area contributed by atoms with Gasteiger partial charge in [0.25, 0.3) is 5.91 Å². The van der Waals surface area contributed by atoms with Crippen LogP contribution in [0.3, 0.4) is 0 Å². The fourth-order valence-electron chi connectivity index (χ4n) is 3.85. The van der Waals surface area contributed by atoms with Crippen LogP contribution >= 0.6 is 0 Å². The third-order valence-corrected chi connectivity index (χ3v) is 5.20. The summed E-state index contributed by atoms with van der Waals surface area (Å²) >= 11 is 0. The Balaban J connectivity index is 2.16. The molecule has 0 aliphatic carbocycles. The van der Waals surface area contributed by atoms with Crippen LogP contribution in [-0.4, -0.2) is 35.6 Å². The van der Waals surface area contributed by atoms with E-state index in [2.05, 4.69) is 5.32 Å². The highest BCUT2D eigenvalue weighted by atomic mass is 19.4. The van der Waals surface area contributed by atoms with Crippen molar-refractivity contribution in [2.45, 2.75) is 46.0 Å². The van der Waals surface area contributed by atoms with E-state index in [9.17, 15) is 22.8 Å². The number of amides is 3. The molecule has 142 valence electrons. The quantitative estimate of drug-likeness (QED) is 0.813. The van der Waals surface area contributed by atoms with E-state index in [1.54, 1.807) is 32.6 Å². The summed E-state index contributed by atoms with van der Waals surface area (Å²) in [5, 5.41) is 2.78. The maximum atomic E-state index is 13.2. The standard InChI is InChI=1S/C18H22F3N3O2/c1-5-23-14(25)17(16(2,3)4,22-15(23)26)24-9-8-11-6-7-12(10-13(11)24)18(19,20)21/h6-7,10H,5,8-9H2,1-4H3,(H,22,26). The molecule has 0 radical (unpaired) electrons. The number of urea groups is 1. The van der Waals surface area contributed by atoms with Gasteiger partial charge in [-0.15, -0.1) is 0 Å². The predicted molar refractivity (Wildman–Crippen MR) is 90.6 cm³/mol. The fourth-order valence-corrected chi connectivity index (χ4v) is 3.85. The van der Waals surface area contributed by atoms with Crippen molar-refractivity contribution in [3.05, 3.63) is 29.3 Å². The van der Waals surface area contributed by atoms with Gasteiger partial charge in [-0.3, -0.25) is 9.69 Å². The maximum absolute atomic E-state index is 13.2. The van der Waals surface area contributed by atoms with Crippen LogP contribution in [0.25, 0.3) is 0 Å². The van der Waals surface area contributed by atoms with Gasteiger partial charge in [0.15, 0.2) is 0 Å². The summed E-state index contributed by atoms with van der Waals surface area (Å²) in [6, 6.07) is 3.06. The molecule has 26 heavy (non-hydrogen) atoms. The van der Waals surface area contributed by atoms with Crippen molar-refractivity contribution in [3.8, 4) is 0 Å². The highest BCUT2D eigenvalue weighted by Crippen LogP contribution is 2.45. The molecule has 1 fully saturated rings. The van der Waals surface area contributed by atoms with Gasteiger partial charge in [0.1, 0.15) is 0 Å². The molecule has 1 atom stereocenters. The van der Waals surface area contributed by atoms with Crippen LogP contribution in [0.2, 0.25) is 0 Å². The van der Waals surface area contributed by atoms with Crippen molar-refractivity contribution in [1.29, 1.82) is 0 Å². The fraction of sp³-hybridized carbons (Fsp3) is 0.556. The second-order valence-electron chi connectivity index (χ2n) is 7.68. The van der Waals surface area contributed by atoms with Gasteiger partial charge in [-0.2, -0.15) is 13.2 Å². The number of hydrogen-bond donors (Lipinski definition) is 1. The third kappa shape index (κ3) is 2.46. The first-order valence-electron chi connectivity index (χ1n) is 8.55. The number of nitrogens with one attached hydrogen (secondary N) is 1. The molecule has 1 N–H and O–H groups in total. The Labute approximate surface area is 150 Å². The molecule has 8 heteroatoms. The van der Waals surface area contributed by atoms with Gasteiger partial charge < -0.3 is 10.2 Å². The molecule has 1 aromatic carbocycles. The summed E-state index contributed by atoms with van der Waals surface area (Å²) in [6.45, 7) is 7.65. The SMILES string of the molecule is CCN1C(=O)NC(N2CCc3ccc(C(F)(F)F)cc32)(C(C)(C)C)C1=O. The second kappa shape index (κ2) is 5.62. The lowest BCUT2D eigenvalue weighted by atomic mass is 9.78. The van der Waals surface area contributed by atoms with Crippen molar-refractivity contribution in [1.82, 2.24) is 10.2 Å². The Morgan fingerprint density at radius 1 is 1.19 bits per heavy atom. The molecule has 2 heterocycles. The van der Waals surface area contributed by atoms with E-state index >= 15 is 0 Å². The molecule has 0 saturated carbocycles. The van der Waals surface area contributed by atoms with Crippen molar-refractivity contribution in [2.24, 2.45) is 5.41 Å². The lowest BCUT2D eigenvalue weighted by Gasteiger charge is -2.47. The van der Waals surface area contributed by atoms with E-state index in [4.69, 9.17) is 0 Å². The zero-order valence-electron chi connectivity index (χ0n) is 15.2. The van der Waals surface area contributed by atoms with Gasteiger partial charge in [0, 0.05) is 24.2 Å². The number of nitrogens with zero attached hydrogens (tertiary/aromatic N) is 2. The predicted octanol–water partition coefficient (Wildman–Crippen LogP) is 3.38. The number of carbonyl (C=O) groups is 2. The molecule has 2 aliphatic heterocycles. The molecule has 1 aromatic rings. The first-order valence-corrected chi connectivity index (χ1v) is 8.55. The van der Waals surface area contributed by atoms with E-state index in [1.807, 2.05) is 0 Å². The van der Waals surface area contributed by atoms with Gasteiger partial charge in [0.05, 0.1) is 5.56 Å². The highest BCUT2D eigenvalue weighted by Gasteiger charge is 2.62. The summed E-state index contributed by atoms with van der Waals surface area (Å²) in [5.74, 6) is -0.428. The Morgan fingerprint density at radius 3 is 2.35 bits per heavy atom. The molecule has 0 aromatic heterocycles. The summed E-state index contributed by atoms with van der Waals surface area (Å²) in [4.78, 5) is 28.3. The van der Waals surface area contributed by atoms with Crippen molar-refractivity contribution in [2.75, 3.05) is 18.0 Å². The van der Waals surface area contributed by atoms with Crippen LogP contribution in [-0.2, 0) is 17.4 Å². The molecule has 1 saturated heterocycles. The molecule has 2 aliphatic rings. The number of imide groups is 1. The van der Waals surface area contributed by atoms with Gasteiger partial charge in [-0.25, -0.2) is 4.79 Å². The van der Waals surface area contributed by atoms with Crippen LogP contribution in [0.1, 0.15) is 38.8 Å². The minimum absolute atomic E-state index is 0.200. The molecule has 0 bridgehead atoms. The van der Waals surface area contributed by atoms with E-state index in [1.165, 1.54) is 6.07 Å². The van der Waals surface area contributed by atoms with Gasteiger partial charge >= 0.3 is 12.2 Å². The number of halogens is 3. The molecule has 3 amide bonds. The average Bonchev–Trinajstić information content (AvgIpc) is 3.04. The smallest absolute Gasteiger partial charge is 0.340 e. The van der Waals surface area contributed by atoms with Gasteiger partial charge in [-0.1, -0.05) is 26.8 Å². The first-order chi connectivity index (χ1) is 11.9. The topological polar surface area (TPSA) is 52.7 Å². The summed E-state index contributed by atoms with van der Waals surface area (Å²) in [7, 11) is 0. The number of carbonyl (C=O) groups excluding carboxylic acids is 2. The van der Waals surface area contributed by atoms with Crippen molar-refractivity contribution >= 4 is 17.6 Å². The van der Waals surface area contributed by atoms with Crippen LogP contribution in [0.5, 0.6) is 0 Å². The minimum atomic E-state index is -4.48. The van der Waals surface area contributed by atoms with Crippen molar-refractivity contribution in [3.63, 3.8) is 0 Å². The largest absolute Gasteiger partial charge is 0.416 e. The number of hydrogen-bond acceptors (Lipinski definition) is 3.